The van der Waals surface area contributed by atoms with Crippen LogP contribution >= 0.6 is 0 Å². The van der Waals surface area contributed by atoms with E-state index in [-0.39, 0.29) is 5.92 Å². The molecule has 0 saturated heterocycles. The smallest absolute Gasteiger partial charge is 0.0827 e. The summed E-state index contributed by atoms with van der Waals surface area (Å²) in [5, 5.41) is 9.04. The molecule has 0 aliphatic rings. The molecule has 0 fully saturated rings. The minimum absolute atomic E-state index is 0.293. The van der Waals surface area contributed by atoms with Gasteiger partial charge >= 0.3 is 0 Å². The van der Waals surface area contributed by atoms with Crippen LogP contribution in [0.2, 0.25) is 0 Å². The van der Waals surface area contributed by atoms with Gasteiger partial charge in [-0.15, -0.1) is 0 Å². The van der Waals surface area contributed by atoms with Gasteiger partial charge in [-0.05, 0) is 5.56 Å². The molecule has 0 amide bonds. The third-order valence-electron chi connectivity index (χ3n) is 2.23. The highest BCUT2D eigenvalue weighted by Crippen LogP contribution is 2.15. The Hall–Kier alpha value is -1.18. The number of rotatable bonds is 6. The molecule has 0 spiro atoms. The predicted molar refractivity (Wildman–Crippen MR) is 64.5 cm³/mol. The number of nitrogens with zero attached hydrogens (tertiary/aromatic N) is 1. The number of hydrogen-bond acceptors (Lipinski definition) is 3. The van der Waals surface area contributed by atoms with Crippen molar-refractivity contribution >= 4 is 10.8 Å². The Morgan fingerprint density at radius 2 is 2.12 bits per heavy atom. The van der Waals surface area contributed by atoms with E-state index in [4.69, 9.17) is 10.00 Å². The molecule has 4 heteroatoms. The molecule has 0 saturated carbocycles. The molecule has 0 bridgehead atoms. The number of methoxy groups -OCH3 is 1. The Balaban J connectivity index is 2.57. The van der Waals surface area contributed by atoms with Gasteiger partial charge in [0.1, 0.15) is 0 Å². The number of hydrogen-bond donors (Lipinski definition) is 0. The molecule has 2 atom stereocenters. The van der Waals surface area contributed by atoms with Crippen molar-refractivity contribution in [1.29, 1.82) is 5.26 Å². The van der Waals surface area contributed by atoms with Crippen molar-refractivity contribution in [1.82, 2.24) is 0 Å². The second-order valence-corrected chi connectivity index (χ2v) is 5.02. The lowest BCUT2D eigenvalue weighted by molar-refractivity contribution is 0.218. The summed E-state index contributed by atoms with van der Waals surface area (Å²) in [4.78, 5) is 0. The molecule has 0 N–H and O–H groups in total. The van der Waals surface area contributed by atoms with Crippen molar-refractivity contribution in [2.24, 2.45) is 0 Å². The summed E-state index contributed by atoms with van der Waals surface area (Å²) in [6, 6.07) is 11.6. The molecular formula is C12H15NO2S. The monoisotopic (exact) mass is 237 g/mol. The molecule has 16 heavy (non-hydrogen) atoms. The van der Waals surface area contributed by atoms with Crippen LogP contribution < -0.4 is 0 Å². The van der Waals surface area contributed by atoms with E-state index in [1.807, 2.05) is 30.3 Å². The van der Waals surface area contributed by atoms with Gasteiger partial charge < -0.3 is 4.74 Å². The van der Waals surface area contributed by atoms with Gasteiger partial charge in [0.15, 0.2) is 0 Å². The quantitative estimate of drug-likeness (QED) is 0.756. The van der Waals surface area contributed by atoms with Crippen LogP contribution in [0.3, 0.4) is 0 Å². The van der Waals surface area contributed by atoms with Crippen LogP contribution in [0.25, 0.3) is 0 Å². The predicted octanol–water partition coefficient (Wildman–Crippen LogP) is 1.69. The summed E-state index contributed by atoms with van der Waals surface area (Å²) in [5.74, 6) is 0.574. The van der Waals surface area contributed by atoms with E-state index in [1.165, 1.54) is 0 Å². The highest BCUT2D eigenvalue weighted by molar-refractivity contribution is 7.85. The first kappa shape index (κ1) is 12.9. The minimum atomic E-state index is -0.998. The normalized spacial score (nSPS) is 14.0. The largest absolute Gasteiger partial charge is 0.384 e. The highest BCUT2D eigenvalue weighted by atomic mass is 32.2. The fraction of sp³-hybridized carbons (Fsp3) is 0.417. The maximum absolute atomic E-state index is 11.6. The highest BCUT2D eigenvalue weighted by Gasteiger charge is 2.13. The molecule has 0 aliphatic carbocycles. The van der Waals surface area contributed by atoms with Crippen LogP contribution in [-0.2, 0) is 15.5 Å². The number of ether oxygens (including phenoxy) is 1. The number of benzene rings is 1. The fourth-order valence-electron chi connectivity index (χ4n) is 1.34. The van der Waals surface area contributed by atoms with Crippen LogP contribution in [-0.4, -0.2) is 29.4 Å². The lowest BCUT2D eigenvalue weighted by atomic mass is 10.0. The van der Waals surface area contributed by atoms with Crippen molar-refractivity contribution in [3.8, 4) is 6.07 Å². The standard InChI is InChI=1S/C12H15NO2S/c1-15-7-8-16(14)10-12(9-13)11-5-3-2-4-6-11/h2-6,12H,7-8,10H2,1H3. The second-order valence-electron chi connectivity index (χ2n) is 3.40. The van der Waals surface area contributed by atoms with E-state index >= 15 is 0 Å². The van der Waals surface area contributed by atoms with Gasteiger partial charge in [0.05, 0.1) is 18.6 Å². The van der Waals surface area contributed by atoms with Gasteiger partial charge in [0.25, 0.3) is 0 Å². The molecule has 1 rings (SSSR count). The first-order valence-corrected chi connectivity index (χ1v) is 6.55. The molecule has 0 aromatic heterocycles. The Morgan fingerprint density at radius 1 is 1.44 bits per heavy atom. The van der Waals surface area contributed by atoms with E-state index in [0.717, 1.165) is 5.56 Å². The van der Waals surface area contributed by atoms with Gasteiger partial charge in [-0.3, -0.25) is 4.21 Å². The topological polar surface area (TPSA) is 50.1 Å². The fourth-order valence-corrected chi connectivity index (χ4v) is 2.50. The maximum atomic E-state index is 11.6. The molecular weight excluding hydrogens is 222 g/mol. The summed E-state index contributed by atoms with van der Waals surface area (Å²) in [7, 11) is 0.582. The molecule has 0 aliphatic heterocycles. The van der Waals surface area contributed by atoms with Crippen LogP contribution in [0, 0.1) is 11.3 Å². The average molecular weight is 237 g/mol. The molecule has 2 unspecified atom stereocenters. The van der Waals surface area contributed by atoms with Gasteiger partial charge in [-0.25, -0.2) is 0 Å². The van der Waals surface area contributed by atoms with E-state index in [1.54, 1.807) is 7.11 Å². The lowest BCUT2D eigenvalue weighted by Crippen LogP contribution is -2.13. The van der Waals surface area contributed by atoms with Crippen LogP contribution in [0.1, 0.15) is 11.5 Å². The first-order valence-electron chi connectivity index (χ1n) is 5.06. The summed E-state index contributed by atoms with van der Waals surface area (Å²) < 4.78 is 16.5. The Morgan fingerprint density at radius 3 is 2.69 bits per heavy atom. The van der Waals surface area contributed by atoms with Crippen molar-refractivity contribution in [3.05, 3.63) is 35.9 Å². The van der Waals surface area contributed by atoms with E-state index in [9.17, 15) is 4.21 Å². The zero-order chi connectivity index (χ0) is 11.8. The maximum Gasteiger partial charge on any atom is 0.0827 e. The zero-order valence-electron chi connectivity index (χ0n) is 9.26. The van der Waals surface area contributed by atoms with Crippen LogP contribution in [0.4, 0.5) is 0 Å². The van der Waals surface area contributed by atoms with Gasteiger partial charge in [0, 0.05) is 29.4 Å². The van der Waals surface area contributed by atoms with E-state index in [0.29, 0.717) is 18.1 Å². The van der Waals surface area contributed by atoms with Gasteiger partial charge in [-0.1, -0.05) is 30.3 Å². The van der Waals surface area contributed by atoms with Crippen molar-refractivity contribution in [2.45, 2.75) is 5.92 Å². The summed E-state index contributed by atoms with van der Waals surface area (Å²) >= 11 is 0. The molecule has 86 valence electrons. The van der Waals surface area contributed by atoms with Crippen LogP contribution in [0.5, 0.6) is 0 Å². The molecule has 0 radical (unpaired) electrons. The van der Waals surface area contributed by atoms with Crippen molar-refractivity contribution < 1.29 is 8.95 Å². The summed E-state index contributed by atoms with van der Waals surface area (Å²) in [6.07, 6.45) is 0. The third-order valence-corrected chi connectivity index (χ3v) is 3.55. The molecule has 1 aromatic carbocycles. The van der Waals surface area contributed by atoms with Gasteiger partial charge in [0.2, 0.25) is 0 Å². The van der Waals surface area contributed by atoms with Gasteiger partial charge in [-0.2, -0.15) is 5.26 Å². The SMILES string of the molecule is COCCS(=O)CC(C#N)c1ccccc1. The molecule has 3 nitrogen and oxygen atoms in total. The Bertz CT molecular complexity index is 372. The van der Waals surface area contributed by atoms with Crippen LogP contribution in [0.15, 0.2) is 30.3 Å². The second kappa shape index (κ2) is 7.15. The average Bonchev–Trinajstić information content (AvgIpc) is 2.34. The minimum Gasteiger partial charge on any atom is -0.384 e. The van der Waals surface area contributed by atoms with Crippen molar-refractivity contribution in [3.63, 3.8) is 0 Å². The molecule has 1 aromatic rings. The van der Waals surface area contributed by atoms with E-state index in [2.05, 4.69) is 6.07 Å². The third kappa shape index (κ3) is 4.13. The number of nitriles is 1. The summed E-state index contributed by atoms with van der Waals surface area (Å²) in [6.45, 7) is 0.472. The Kier molecular flexibility index (Phi) is 5.76. The summed E-state index contributed by atoms with van der Waals surface area (Å²) in [5.41, 5.74) is 0.927. The Labute approximate surface area is 98.5 Å². The van der Waals surface area contributed by atoms with E-state index < -0.39 is 10.8 Å². The van der Waals surface area contributed by atoms with Crippen molar-refractivity contribution in [2.75, 3.05) is 25.2 Å². The first-order chi connectivity index (χ1) is 7.77. The molecule has 0 heterocycles. The lowest BCUT2D eigenvalue weighted by Gasteiger charge is -2.08. The zero-order valence-corrected chi connectivity index (χ0v) is 10.1.